The van der Waals surface area contributed by atoms with Gasteiger partial charge < -0.3 is 28.7 Å². The van der Waals surface area contributed by atoms with Crippen molar-refractivity contribution in [1.29, 1.82) is 0 Å². The van der Waals surface area contributed by atoms with Gasteiger partial charge in [-0.1, -0.05) is 29.3 Å². The van der Waals surface area contributed by atoms with Gasteiger partial charge in [-0.05, 0) is 67.6 Å². The zero-order valence-corrected chi connectivity index (χ0v) is 28.6. The molecule has 0 spiro atoms. The van der Waals surface area contributed by atoms with Crippen LogP contribution < -0.4 is 20.2 Å². The lowest BCUT2D eigenvalue weighted by Crippen LogP contribution is -2.46. The Morgan fingerprint density at radius 2 is 1.59 bits per heavy atom. The number of hydrogen-bond acceptors (Lipinski definition) is 10. The average Bonchev–Trinajstić information content (AvgIpc) is 3.88. The fraction of sp³-hybridized carbons (Fsp3) is 0.353. The topological polar surface area (TPSA) is 114 Å². The van der Waals surface area contributed by atoms with E-state index in [0.717, 1.165) is 49.0 Å². The van der Waals surface area contributed by atoms with Crippen molar-refractivity contribution in [3.05, 3.63) is 112 Å². The van der Waals surface area contributed by atoms with E-state index in [1.54, 1.807) is 37.2 Å². The van der Waals surface area contributed by atoms with E-state index in [2.05, 4.69) is 37.1 Å². The van der Waals surface area contributed by atoms with E-state index in [9.17, 15) is 4.79 Å². The van der Waals surface area contributed by atoms with Gasteiger partial charge in [0.15, 0.2) is 6.23 Å². The Hall–Kier alpha value is -4.40. The lowest BCUT2D eigenvalue weighted by molar-refractivity contribution is -0.190. The molecule has 4 heterocycles. The SMILES string of the molecule is COC(C)n1ncn(-c2ccc(N3CCN(c4ccc(OC[C@@H]5CO[C@@](Cn6cncn6)(c6ccc(Cl)cc6Cl)O5)cc4)CC3)cc2)c1=O. The van der Waals surface area contributed by atoms with Crippen LogP contribution in [0.25, 0.3) is 5.69 Å². The van der Waals surface area contributed by atoms with Gasteiger partial charge in [0.05, 0.1) is 17.3 Å². The van der Waals surface area contributed by atoms with E-state index in [1.807, 2.05) is 42.5 Å². The molecule has 3 atom stereocenters. The second-order valence-corrected chi connectivity index (χ2v) is 12.7. The summed E-state index contributed by atoms with van der Waals surface area (Å²) in [7, 11) is 1.55. The number of halogens is 2. The Morgan fingerprint density at radius 3 is 2.22 bits per heavy atom. The maximum absolute atomic E-state index is 12.7. The highest BCUT2D eigenvalue weighted by Gasteiger charge is 2.45. The molecule has 2 fully saturated rings. The molecule has 0 aliphatic carbocycles. The van der Waals surface area contributed by atoms with Gasteiger partial charge in [-0.2, -0.15) is 14.9 Å². The number of nitrogens with zero attached hydrogens (tertiary/aromatic N) is 8. The summed E-state index contributed by atoms with van der Waals surface area (Å²) in [5, 5.41) is 9.37. The van der Waals surface area contributed by atoms with Crippen LogP contribution in [-0.4, -0.2) is 81.7 Å². The highest BCUT2D eigenvalue weighted by atomic mass is 35.5. The zero-order valence-electron chi connectivity index (χ0n) is 27.1. The molecular formula is C34H36Cl2N8O5. The smallest absolute Gasteiger partial charge is 0.352 e. The second-order valence-electron chi connectivity index (χ2n) is 11.9. The predicted molar refractivity (Wildman–Crippen MR) is 185 cm³/mol. The normalized spacial score (nSPS) is 20.1. The first kappa shape index (κ1) is 33.1. The molecule has 1 unspecified atom stereocenters. The highest BCUT2D eigenvalue weighted by molar-refractivity contribution is 6.35. The summed E-state index contributed by atoms with van der Waals surface area (Å²) in [6, 6.07) is 21.3. The third-order valence-corrected chi connectivity index (χ3v) is 9.38. The molecule has 5 aromatic rings. The summed E-state index contributed by atoms with van der Waals surface area (Å²) >= 11 is 12.7. The number of methoxy groups -OCH3 is 1. The lowest BCUT2D eigenvalue weighted by atomic mass is 10.1. The molecule has 7 rings (SSSR count). The standard InChI is InChI=1S/C34H36Cl2N8O5/c1-24(46-2)44-33(45)43(23-39-44)28-6-4-26(5-7-28)40-13-15-41(16-14-40)27-8-10-29(11-9-27)47-18-30-19-48-34(49-30,20-42-22-37-21-38-42)31-12-3-25(35)17-32(31)36/h3-12,17,21-24,30H,13-16,18-20H2,1-2H3/t24?,30-,34-/m1/s1. The van der Waals surface area contributed by atoms with Crippen LogP contribution >= 0.6 is 23.2 Å². The predicted octanol–water partition coefficient (Wildman–Crippen LogP) is 4.77. The molecule has 3 aromatic carbocycles. The molecule has 2 aliphatic heterocycles. The number of anilines is 2. The summed E-state index contributed by atoms with van der Waals surface area (Å²) in [4.78, 5) is 21.5. The van der Waals surface area contributed by atoms with Crippen molar-refractivity contribution >= 4 is 34.6 Å². The maximum Gasteiger partial charge on any atom is 0.352 e. The third kappa shape index (κ3) is 7.03. The van der Waals surface area contributed by atoms with Crippen molar-refractivity contribution in [1.82, 2.24) is 29.1 Å². The van der Waals surface area contributed by atoms with Crippen molar-refractivity contribution < 1.29 is 18.9 Å². The summed E-state index contributed by atoms with van der Waals surface area (Å²) in [5.41, 5.74) is 3.42. The fourth-order valence-electron chi connectivity index (χ4n) is 6.11. The molecule has 0 amide bonds. The minimum Gasteiger partial charge on any atom is -0.491 e. The van der Waals surface area contributed by atoms with Crippen LogP contribution in [0.4, 0.5) is 11.4 Å². The van der Waals surface area contributed by atoms with Crippen molar-refractivity contribution in [2.45, 2.75) is 31.6 Å². The Balaban J connectivity index is 0.925. The van der Waals surface area contributed by atoms with Gasteiger partial charge in [0.1, 0.15) is 44.0 Å². The first-order valence-corrected chi connectivity index (χ1v) is 16.7. The molecule has 0 radical (unpaired) electrons. The second kappa shape index (κ2) is 14.2. The summed E-state index contributed by atoms with van der Waals surface area (Å²) in [6.45, 7) is 6.14. The molecule has 0 bridgehead atoms. The lowest BCUT2D eigenvalue weighted by Gasteiger charge is -2.37. The van der Waals surface area contributed by atoms with Gasteiger partial charge in [0, 0.05) is 55.2 Å². The molecule has 15 heteroatoms. The molecule has 49 heavy (non-hydrogen) atoms. The first-order valence-electron chi connectivity index (χ1n) is 15.9. The average molecular weight is 708 g/mol. The number of rotatable bonds is 11. The van der Waals surface area contributed by atoms with Crippen LogP contribution in [0.3, 0.4) is 0 Å². The van der Waals surface area contributed by atoms with E-state index >= 15 is 0 Å². The van der Waals surface area contributed by atoms with Crippen molar-refractivity contribution in [2.24, 2.45) is 0 Å². The van der Waals surface area contributed by atoms with Crippen molar-refractivity contribution in [3.8, 4) is 11.4 Å². The van der Waals surface area contributed by atoms with Gasteiger partial charge in [0.2, 0.25) is 5.79 Å². The summed E-state index contributed by atoms with van der Waals surface area (Å²) in [6.07, 6.45) is 3.81. The van der Waals surface area contributed by atoms with E-state index in [1.165, 1.54) is 21.9 Å². The van der Waals surface area contributed by atoms with Gasteiger partial charge in [-0.15, -0.1) is 0 Å². The van der Waals surface area contributed by atoms with E-state index in [-0.39, 0.29) is 18.3 Å². The zero-order chi connectivity index (χ0) is 34.0. The molecule has 13 nitrogen and oxygen atoms in total. The number of hydrogen-bond donors (Lipinski definition) is 0. The monoisotopic (exact) mass is 706 g/mol. The van der Waals surface area contributed by atoms with Crippen molar-refractivity contribution in [2.75, 3.05) is 56.3 Å². The van der Waals surface area contributed by atoms with E-state index in [0.29, 0.717) is 28.8 Å². The third-order valence-electron chi connectivity index (χ3n) is 8.83. The molecule has 2 aromatic heterocycles. The molecule has 2 aliphatic rings. The summed E-state index contributed by atoms with van der Waals surface area (Å²) in [5.74, 6) is -0.421. The van der Waals surface area contributed by atoms with Gasteiger partial charge in [0.25, 0.3) is 0 Å². The van der Waals surface area contributed by atoms with E-state index in [4.69, 9.17) is 42.1 Å². The van der Waals surface area contributed by atoms with Gasteiger partial charge >= 0.3 is 5.69 Å². The van der Waals surface area contributed by atoms with Crippen LogP contribution in [-0.2, 0) is 26.5 Å². The summed E-state index contributed by atoms with van der Waals surface area (Å²) < 4.78 is 28.6. The minimum absolute atomic E-state index is 0.242. The molecule has 0 saturated carbocycles. The van der Waals surface area contributed by atoms with Gasteiger partial charge in [-0.25, -0.2) is 19.0 Å². The Bertz CT molecular complexity index is 1910. The number of benzene rings is 3. The van der Waals surface area contributed by atoms with Crippen LogP contribution in [0.15, 0.2) is 90.5 Å². The van der Waals surface area contributed by atoms with Crippen LogP contribution in [0, 0.1) is 0 Å². The number of piperazine rings is 1. The van der Waals surface area contributed by atoms with Crippen molar-refractivity contribution in [3.63, 3.8) is 0 Å². The van der Waals surface area contributed by atoms with Crippen LogP contribution in [0.2, 0.25) is 10.0 Å². The van der Waals surface area contributed by atoms with Crippen LogP contribution in [0.5, 0.6) is 5.75 Å². The number of ether oxygens (including phenoxy) is 4. The molecule has 256 valence electrons. The maximum atomic E-state index is 12.7. The highest BCUT2D eigenvalue weighted by Crippen LogP contribution is 2.40. The minimum atomic E-state index is -1.16. The Kier molecular flexibility index (Phi) is 9.61. The molecule has 2 saturated heterocycles. The fourth-order valence-corrected chi connectivity index (χ4v) is 6.67. The number of aromatic nitrogens is 6. The first-order chi connectivity index (χ1) is 23.8. The molecule has 0 N–H and O–H groups in total. The quantitative estimate of drug-likeness (QED) is 0.190. The largest absolute Gasteiger partial charge is 0.491 e. The van der Waals surface area contributed by atoms with E-state index < -0.39 is 12.0 Å². The molecular weight excluding hydrogens is 671 g/mol. The van der Waals surface area contributed by atoms with Crippen LogP contribution in [0.1, 0.15) is 18.7 Å². The Morgan fingerprint density at radius 1 is 0.918 bits per heavy atom. The van der Waals surface area contributed by atoms with Gasteiger partial charge in [-0.3, -0.25) is 0 Å². The Labute approximate surface area is 293 Å².